The topological polar surface area (TPSA) is 72.6 Å². The fourth-order valence-electron chi connectivity index (χ4n) is 4.77. The van der Waals surface area contributed by atoms with Crippen LogP contribution in [0.25, 0.3) is 22.4 Å². The molecule has 2 aromatic carbocycles. The number of amides is 1. The van der Waals surface area contributed by atoms with Crippen molar-refractivity contribution in [2.75, 3.05) is 30.1 Å². The van der Waals surface area contributed by atoms with Crippen LogP contribution in [0.1, 0.15) is 6.92 Å². The van der Waals surface area contributed by atoms with Gasteiger partial charge in [-0.15, -0.1) is 0 Å². The van der Waals surface area contributed by atoms with Gasteiger partial charge in [-0.05, 0) is 55.5 Å². The maximum absolute atomic E-state index is 13.6. The highest BCUT2D eigenvalue weighted by atomic mass is 35.5. The fourth-order valence-corrected chi connectivity index (χ4v) is 4.90. The van der Waals surface area contributed by atoms with Gasteiger partial charge in [0.15, 0.2) is 11.6 Å². The quantitative estimate of drug-likeness (QED) is 0.454. The van der Waals surface area contributed by atoms with Gasteiger partial charge in [0, 0.05) is 12.1 Å². The van der Waals surface area contributed by atoms with Crippen LogP contribution in [0.4, 0.5) is 11.5 Å². The first-order chi connectivity index (χ1) is 16.5. The third kappa shape index (κ3) is 2.99. The van der Waals surface area contributed by atoms with Crippen LogP contribution in [-0.4, -0.2) is 52.6 Å². The van der Waals surface area contributed by atoms with Crippen molar-refractivity contribution in [3.63, 3.8) is 0 Å². The van der Waals surface area contributed by atoms with Crippen LogP contribution in [0.2, 0.25) is 5.02 Å². The van der Waals surface area contributed by atoms with E-state index in [1.54, 1.807) is 34.8 Å². The molecular weight excluding hydrogens is 454 g/mol. The molecule has 2 aromatic heterocycles. The van der Waals surface area contributed by atoms with Crippen molar-refractivity contribution in [2.24, 2.45) is 0 Å². The van der Waals surface area contributed by atoms with E-state index in [2.05, 4.69) is 0 Å². The van der Waals surface area contributed by atoms with E-state index in [4.69, 9.17) is 21.3 Å². The number of carbonyl (C=O) groups is 1. The number of halogens is 1. The van der Waals surface area contributed by atoms with Gasteiger partial charge in [-0.2, -0.15) is 4.68 Å². The van der Waals surface area contributed by atoms with Crippen molar-refractivity contribution in [2.45, 2.75) is 19.0 Å². The summed E-state index contributed by atoms with van der Waals surface area (Å²) in [6.07, 6.45) is 0. The Morgan fingerprint density at radius 3 is 2.41 bits per heavy atom. The molecule has 1 amide bonds. The second-order valence-corrected chi connectivity index (χ2v) is 9.04. The second kappa shape index (κ2) is 7.72. The summed E-state index contributed by atoms with van der Waals surface area (Å²) in [5.74, 6) is 1.14. The molecule has 0 N–H and O–H groups in total. The van der Waals surface area contributed by atoms with E-state index in [-0.39, 0.29) is 23.6 Å². The molecule has 0 radical (unpaired) electrons. The van der Waals surface area contributed by atoms with E-state index in [0.29, 0.717) is 40.9 Å². The van der Waals surface area contributed by atoms with E-state index in [0.717, 1.165) is 11.2 Å². The van der Waals surface area contributed by atoms with Crippen molar-refractivity contribution in [1.82, 2.24) is 14.3 Å². The number of likely N-dealkylation sites (N-methyl/N-ethyl adjacent to an activating group) is 1. The monoisotopic (exact) mass is 475 g/mol. The molecule has 2 aliphatic heterocycles. The number of hydrogen-bond donors (Lipinski definition) is 0. The van der Waals surface area contributed by atoms with Gasteiger partial charge >= 0.3 is 0 Å². The van der Waals surface area contributed by atoms with E-state index in [1.165, 1.54) is 0 Å². The summed E-state index contributed by atoms with van der Waals surface area (Å²) in [5, 5.41) is 1.20. The van der Waals surface area contributed by atoms with Gasteiger partial charge in [-0.1, -0.05) is 23.7 Å². The molecule has 0 aliphatic carbocycles. The summed E-state index contributed by atoms with van der Waals surface area (Å²) >= 11 is 6.12. The number of aromatic nitrogens is 3. The number of hydrogen-bond acceptors (Lipinski definition) is 5. The first-order valence-corrected chi connectivity index (χ1v) is 11.5. The molecule has 6 rings (SSSR count). The molecule has 1 saturated heterocycles. The van der Waals surface area contributed by atoms with E-state index in [1.807, 2.05) is 59.0 Å². The van der Waals surface area contributed by atoms with Crippen molar-refractivity contribution in [3.05, 3.63) is 76.0 Å². The minimum absolute atomic E-state index is 0.00129. The summed E-state index contributed by atoms with van der Waals surface area (Å²) < 4.78 is 8.83. The van der Waals surface area contributed by atoms with E-state index in [9.17, 15) is 9.59 Å². The largest absolute Gasteiger partial charge is 0.377 e. The third-order valence-corrected chi connectivity index (χ3v) is 6.86. The molecule has 1 atom stereocenters. The predicted octanol–water partition coefficient (Wildman–Crippen LogP) is 3.40. The van der Waals surface area contributed by atoms with Gasteiger partial charge in [0.1, 0.15) is 6.04 Å². The van der Waals surface area contributed by atoms with Crippen molar-refractivity contribution in [1.29, 1.82) is 0 Å². The Hall–Kier alpha value is -3.62. The molecule has 0 spiro atoms. The van der Waals surface area contributed by atoms with Crippen LogP contribution in [0.5, 0.6) is 0 Å². The van der Waals surface area contributed by atoms with Crippen LogP contribution in [0, 0.1) is 0 Å². The van der Waals surface area contributed by atoms with Gasteiger partial charge in [-0.3, -0.25) is 9.59 Å². The Balaban J connectivity index is 1.61. The minimum Gasteiger partial charge on any atom is -0.377 e. The lowest BCUT2D eigenvalue weighted by molar-refractivity contribution is -0.120. The molecule has 4 aromatic rings. The van der Waals surface area contributed by atoms with Crippen molar-refractivity contribution < 1.29 is 9.53 Å². The first kappa shape index (κ1) is 20.9. The standard InChI is InChI=1S/C25H22ClN5O3/c1-15-24(32)28(2)21-11-12-22(27-23(21)29(15)18-13-34-14-18)31-25(33)19-5-3-4-6-20(19)30(31)17-9-7-16(26)8-10-17/h3-12,15,18H,13-14H2,1-2H3. The number of rotatable bonds is 3. The molecule has 0 bridgehead atoms. The van der Waals surface area contributed by atoms with Crippen LogP contribution in [0.15, 0.2) is 65.5 Å². The Labute approximate surface area is 200 Å². The smallest absolute Gasteiger partial charge is 0.281 e. The summed E-state index contributed by atoms with van der Waals surface area (Å²) in [6, 6.07) is 18.1. The average molecular weight is 476 g/mol. The SMILES string of the molecule is CC1C(=O)N(C)c2ccc(-n3c(=O)c4ccccc4n3-c3ccc(Cl)cc3)nc2N1C1COC1. The lowest BCUT2D eigenvalue weighted by atomic mass is 10.1. The highest BCUT2D eigenvalue weighted by molar-refractivity contribution is 6.30. The summed E-state index contributed by atoms with van der Waals surface area (Å²) in [4.78, 5) is 35.1. The summed E-state index contributed by atoms with van der Waals surface area (Å²) in [5.41, 5.74) is 2.08. The van der Waals surface area contributed by atoms with Gasteiger partial charge in [-0.25, -0.2) is 9.67 Å². The molecule has 8 nitrogen and oxygen atoms in total. The van der Waals surface area contributed by atoms with Crippen LogP contribution >= 0.6 is 11.6 Å². The Morgan fingerprint density at radius 2 is 1.71 bits per heavy atom. The zero-order valence-electron chi connectivity index (χ0n) is 18.7. The molecule has 1 fully saturated rings. The Kier molecular flexibility index (Phi) is 4.75. The summed E-state index contributed by atoms with van der Waals surface area (Å²) in [6.45, 7) is 2.96. The number of carbonyl (C=O) groups excluding carboxylic acids is 1. The number of pyridine rings is 1. The van der Waals surface area contributed by atoms with Gasteiger partial charge < -0.3 is 14.5 Å². The lowest BCUT2D eigenvalue weighted by Gasteiger charge is -2.46. The van der Waals surface area contributed by atoms with Crippen molar-refractivity contribution >= 4 is 39.9 Å². The Morgan fingerprint density at radius 1 is 0.971 bits per heavy atom. The van der Waals surface area contributed by atoms with Crippen LogP contribution < -0.4 is 15.4 Å². The van der Waals surface area contributed by atoms with E-state index >= 15 is 0 Å². The van der Waals surface area contributed by atoms with E-state index < -0.39 is 0 Å². The molecule has 1 unspecified atom stereocenters. The zero-order chi connectivity index (χ0) is 23.6. The van der Waals surface area contributed by atoms with Gasteiger partial charge in [0.05, 0.1) is 41.5 Å². The number of nitrogens with zero attached hydrogens (tertiary/aromatic N) is 5. The summed E-state index contributed by atoms with van der Waals surface area (Å²) in [7, 11) is 1.75. The molecule has 0 saturated carbocycles. The van der Waals surface area contributed by atoms with Gasteiger partial charge in [0.25, 0.3) is 5.56 Å². The zero-order valence-corrected chi connectivity index (χ0v) is 19.4. The average Bonchev–Trinajstić information content (AvgIpc) is 3.12. The number of para-hydroxylation sites is 1. The molecule has 9 heteroatoms. The molecular formula is C25H22ClN5O3. The van der Waals surface area contributed by atoms with Crippen molar-refractivity contribution in [3.8, 4) is 11.5 Å². The number of fused-ring (bicyclic) bond motifs is 2. The van der Waals surface area contributed by atoms with Crippen LogP contribution in [-0.2, 0) is 9.53 Å². The minimum atomic E-state index is -0.381. The van der Waals surface area contributed by atoms with Gasteiger partial charge in [0.2, 0.25) is 5.91 Å². The van der Waals surface area contributed by atoms with Crippen LogP contribution in [0.3, 0.4) is 0 Å². The molecule has 2 aliphatic rings. The third-order valence-electron chi connectivity index (χ3n) is 6.61. The number of anilines is 2. The number of ether oxygens (including phenoxy) is 1. The predicted molar refractivity (Wildman–Crippen MR) is 132 cm³/mol. The maximum Gasteiger partial charge on any atom is 0.281 e. The molecule has 4 heterocycles. The molecule has 172 valence electrons. The Bertz CT molecular complexity index is 1490. The molecule has 34 heavy (non-hydrogen) atoms. The highest BCUT2D eigenvalue weighted by Crippen LogP contribution is 2.37. The normalized spacial score (nSPS) is 18.3. The maximum atomic E-state index is 13.6. The lowest BCUT2D eigenvalue weighted by Crippen LogP contribution is -2.60. The second-order valence-electron chi connectivity index (χ2n) is 8.61. The fraction of sp³-hybridized carbons (Fsp3) is 0.240. The highest BCUT2D eigenvalue weighted by Gasteiger charge is 2.41. The first-order valence-electron chi connectivity index (χ1n) is 11.1. The number of benzene rings is 2.